The first-order chi connectivity index (χ1) is 7.66. The van der Waals surface area contributed by atoms with Gasteiger partial charge in [0.2, 0.25) is 0 Å². The Morgan fingerprint density at radius 3 is 2.81 bits per heavy atom. The van der Waals surface area contributed by atoms with Crippen LogP contribution in [0.4, 0.5) is 0 Å². The molecule has 1 fully saturated rings. The van der Waals surface area contributed by atoms with E-state index in [9.17, 15) is 4.79 Å². The molecule has 0 saturated carbocycles. The Morgan fingerprint density at radius 2 is 2.25 bits per heavy atom. The molecule has 0 unspecified atom stereocenters. The van der Waals surface area contributed by atoms with Crippen LogP contribution in [0.1, 0.15) is 23.3 Å². The van der Waals surface area contributed by atoms with Crippen LogP contribution >= 0.6 is 15.9 Å². The molecule has 0 atom stereocenters. The second-order valence-electron chi connectivity index (χ2n) is 4.15. The fourth-order valence-corrected chi connectivity index (χ4v) is 2.50. The second kappa shape index (κ2) is 5.01. The molecule has 16 heavy (non-hydrogen) atoms. The van der Waals surface area contributed by atoms with Gasteiger partial charge in [-0.2, -0.15) is 0 Å². The normalized spacial score (nSPS) is 17.4. The van der Waals surface area contributed by atoms with Gasteiger partial charge in [0.1, 0.15) is 5.69 Å². The lowest BCUT2D eigenvalue weighted by Gasteiger charge is -2.23. The van der Waals surface area contributed by atoms with Gasteiger partial charge >= 0.3 is 0 Å². The van der Waals surface area contributed by atoms with E-state index >= 15 is 0 Å². The number of halogens is 1. The molecule has 5 heteroatoms. The van der Waals surface area contributed by atoms with Crippen molar-refractivity contribution in [3.8, 4) is 0 Å². The van der Waals surface area contributed by atoms with Gasteiger partial charge in [-0.3, -0.25) is 4.79 Å². The second-order valence-corrected chi connectivity index (χ2v) is 5.07. The average molecular weight is 286 g/mol. The summed E-state index contributed by atoms with van der Waals surface area (Å²) in [6, 6.07) is 2.15. The van der Waals surface area contributed by atoms with Crippen LogP contribution in [-0.4, -0.2) is 29.6 Å². The number of hydrogen-bond acceptors (Lipinski definition) is 2. The highest BCUT2D eigenvalue weighted by Crippen LogP contribution is 2.14. The van der Waals surface area contributed by atoms with Crippen molar-refractivity contribution in [2.24, 2.45) is 7.05 Å². The van der Waals surface area contributed by atoms with Crippen LogP contribution < -0.4 is 10.6 Å². The van der Waals surface area contributed by atoms with Crippen molar-refractivity contribution in [2.75, 3.05) is 13.1 Å². The smallest absolute Gasteiger partial charge is 0.268 e. The molecular weight excluding hydrogens is 270 g/mol. The number of hydrogen-bond donors (Lipinski definition) is 2. The number of carbonyl (C=O) groups excluding carboxylic acids is 1. The Morgan fingerprint density at radius 1 is 1.56 bits per heavy atom. The summed E-state index contributed by atoms with van der Waals surface area (Å²) in [5.41, 5.74) is 0.699. The molecular formula is C11H16BrN3O. The molecule has 1 aromatic heterocycles. The summed E-state index contributed by atoms with van der Waals surface area (Å²) in [5.74, 6) is 0.0140. The Hall–Kier alpha value is -0.810. The summed E-state index contributed by atoms with van der Waals surface area (Å²) in [5, 5.41) is 6.35. The number of carbonyl (C=O) groups is 1. The van der Waals surface area contributed by atoms with E-state index in [0.717, 1.165) is 30.4 Å². The van der Waals surface area contributed by atoms with Crippen molar-refractivity contribution in [3.05, 3.63) is 22.4 Å². The Balaban J connectivity index is 1.99. The van der Waals surface area contributed by atoms with Gasteiger partial charge < -0.3 is 15.2 Å². The summed E-state index contributed by atoms with van der Waals surface area (Å²) in [6.45, 7) is 1.98. The third-order valence-corrected chi connectivity index (χ3v) is 3.31. The molecule has 1 aliphatic heterocycles. The Kier molecular flexibility index (Phi) is 3.66. The Bertz CT molecular complexity index is 383. The highest BCUT2D eigenvalue weighted by Gasteiger charge is 2.18. The molecule has 4 nitrogen and oxygen atoms in total. The summed E-state index contributed by atoms with van der Waals surface area (Å²) in [6.07, 6.45) is 3.91. The highest BCUT2D eigenvalue weighted by molar-refractivity contribution is 9.10. The van der Waals surface area contributed by atoms with Gasteiger partial charge in [-0.15, -0.1) is 0 Å². The lowest BCUT2D eigenvalue weighted by Crippen LogP contribution is -2.43. The maximum absolute atomic E-state index is 12.0. The van der Waals surface area contributed by atoms with Gasteiger partial charge in [0.25, 0.3) is 5.91 Å². The van der Waals surface area contributed by atoms with E-state index in [1.165, 1.54) is 0 Å². The lowest BCUT2D eigenvalue weighted by atomic mass is 10.1. The molecule has 1 saturated heterocycles. The van der Waals surface area contributed by atoms with Gasteiger partial charge in [-0.05, 0) is 47.9 Å². The maximum atomic E-state index is 12.0. The average Bonchev–Trinajstić information content (AvgIpc) is 2.59. The standard InChI is InChI=1S/C11H16BrN3O/c1-15-7-8(12)6-10(15)11(16)14-9-2-4-13-5-3-9/h6-7,9,13H,2-5H2,1H3,(H,14,16). The SMILES string of the molecule is Cn1cc(Br)cc1C(=O)NC1CCNCC1. The predicted octanol–water partition coefficient (Wildman–Crippen LogP) is 1.27. The first-order valence-electron chi connectivity index (χ1n) is 5.50. The number of amides is 1. The number of rotatable bonds is 2. The zero-order valence-electron chi connectivity index (χ0n) is 9.29. The lowest BCUT2D eigenvalue weighted by molar-refractivity contribution is 0.0921. The molecule has 1 aromatic rings. The fourth-order valence-electron chi connectivity index (χ4n) is 1.98. The number of piperidine rings is 1. The van der Waals surface area contributed by atoms with E-state index in [1.807, 2.05) is 23.9 Å². The molecule has 0 spiro atoms. The van der Waals surface area contributed by atoms with Crippen molar-refractivity contribution >= 4 is 21.8 Å². The number of nitrogens with zero attached hydrogens (tertiary/aromatic N) is 1. The number of aromatic nitrogens is 1. The van der Waals surface area contributed by atoms with Crippen molar-refractivity contribution in [1.82, 2.24) is 15.2 Å². The van der Waals surface area contributed by atoms with Crippen molar-refractivity contribution < 1.29 is 4.79 Å². The zero-order chi connectivity index (χ0) is 11.5. The zero-order valence-corrected chi connectivity index (χ0v) is 10.9. The first kappa shape index (κ1) is 11.7. The third-order valence-electron chi connectivity index (χ3n) is 2.88. The molecule has 1 aliphatic rings. The molecule has 2 heterocycles. The van der Waals surface area contributed by atoms with E-state index in [4.69, 9.17) is 0 Å². The minimum atomic E-state index is 0.0140. The molecule has 1 amide bonds. The minimum Gasteiger partial charge on any atom is -0.348 e. The van der Waals surface area contributed by atoms with Crippen LogP contribution in [0.2, 0.25) is 0 Å². The third kappa shape index (κ3) is 2.65. The van der Waals surface area contributed by atoms with E-state index < -0.39 is 0 Å². The molecule has 2 N–H and O–H groups in total. The summed E-state index contributed by atoms with van der Waals surface area (Å²) in [4.78, 5) is 12.0. The molecule has 0 bridgehead atoms. The molecule has 88 valence electrons. The summed E-state index contributed by atoms with van der Waals surface area (Å²) in [7, 11) is 1.88. The van der Waals surface area contributed by atoms with E-state index in [2.05, 4.69) is 26.6 Å². The summed E-state index contributed by atoms with van der Waals surface area (Å²) >= 11 is 3.37. The topological polar surface area (TPSA) is 46.1 Å². The summed E-state index contributed by atoms with van der Waals surface area (Å²) < 4.78 is 2.77. The van der Waals surface area contributed by atoms with E-state index in [-0.39, 0.29) is 5.91 Å². The monoisotopic (exact) mass is 285 g/mol. The van der Waals surface area contributed by atoms with Crippen LogP contribution in [0.25, 0.3) is 0 Å². The number of aryl methyl sites for hydroxylation is 1. The van der Waals surface area contributed by atoms with Gasteiger partial charge in [0.05, 0.1) is 0 Å². The molecule has 0 aromatic carbocycles. The van der Waals surface area contributed by atoms with Gasteiger partial charge in [0.15, 0.2) is 0 Å². The Labute approximate surface area is 104 Å². The molecule has 0 radical (unpaired) electrons. The predicted molar refractivity (Wildman–Crippen MR) is 66.5 cm³/mol. The van der Waals surface area contributed by atoms with Crippen molar-refractivity contribution in [3.63, 3.8) is 0 Å². The fraction of sp³-hybridized carbons (Fsp3) is 0.545. The van der Waals surface area contributed by atoms with E-state index in [0.29, 0.717) is 11.7 Å². The first-order valence-corrected chi connectivity index (χ1v) is 6.29. The van der Waals surface area contributed by atoms with Crippen LogP contribution in [0.3, 0.4) is 0 Å². The quantitative estimate of drug-likeness (QED) is 0.860. The van der Waals surface area contributed by atoms with Gasteiger partial charge in [-0.1, -0.05) is 0 Å². The van der Waals surface area contributed by atoms with Crippen molar-refractivity contribution in [1.29, 1.82) is 0 Å². The van der Waals surface area contributed by atoms with Crippen LogP contribution in [0.5, 0.6) is 0 Å². The van der Waals surface area contributed by atoms with Gasteiger partial charge in [-0.25, -0.2) is 0 Å². The minimum absolute atomic E-state index is 0.0140. The molecule has 2 rings (SSSR count). The van der Waals surface area contributed by atoms with E-state index in [1.54, 1.807) is 0 Å². The number of nitrogens with one attached hydrogen (secondary N) is 2. The maximum Gasteiger partial charge on any atom is 0.268 e. The van der Waals surface area contributed by atoms with Crippen molar-refractivity contribution in [2.45, 2.75) is 18.9 Å². The van der Waals surface area contributed by atoms with Crippen LogP contribution in [-0.2, 0) is 7.05 Å². The van der Waals surface area contributed by atoms with Crippen LogP contribution in [0.15, 0.2) is 16.7 Å². The van der Waals surface area contributed by atoms with Crippen LogP contribution in [0, 0.1) is 0 Å². The molecule has 0 aliphatic carbocycles. The highest BCUT2D eigenvalue weighted by atomic mass is 79.9. The largest absolute Gasteiger partial charge is 0.348 e. The van der Waals surface area contributed by atoms with Gasteiger partial charge in [0, 0.05) is 23.8 Å².